The van der Waals surface area contributed by atoms with Gasteiger partial charge in [-0.05, 0) is 56.0 Å². The number of hydrogen-bond acceptors (Lipinski definition) is 1. The van der Waals surface area contributed by atoms with Crippen LogP contribution in [0.3, 0.4) is 0 Å². The summed E-state index contributed by atoms with van der Waals surface area (Å²) in [6, 6.07) is 4.78. The Balaban J connectivity index is 3.11. The molecule has 1 aromatic rings. The predicted octanol–water partition coefficient (Wildman–Crippen LogP) is 6.05. The molecule has 0 unspecified atom stereocenters. The van der Waals surface area contributed by atoms with E-state index >= 15 is 0 Å². The van der Waals surface area contributed by atoms with Crippen molar-refractivity contribution >= 4 is 17.2 Å². The van der Waals surface area contributed by atoms with E-state index in [0.29, 0.717) is 23.2 Å². The Kier molecular flexibility index (Phi) is 7.90. The molecule has 0 atom stereocenters. The second-order valence-corrected chi connectivity index (χ2v) is 5.31. The molecular weight excluding hydrogens is 301 g/mol. The summed E-state index contributed by atoms with van der Waals surface area (Å²) < 4.78 is 14.3. The minimum atomic E-state index is -0.337. The van der Waals surface area contributed by atoms with Gasteiger partial charge in [-0.25, -0.2) is 4.39 Å². The van der Waals surface area contributed by atoms with Gasteiger partial charge in [0.05, 0.1) is 0 Å². The number of allylic oxidation sites excluding steroid dienone is 5. The Labute approximate surface area is 144 Å². The van der Waals surface area contributed by atoms with Gasteiger partial charge in [-0.1, -0.05) is 44.7 Å². The van der Waals surface area contributed by atoms with Crippen LogP contribution in [0.4, 0.5) is 10.1 Å². The maximum Gasteiger partial charge on any atom is 0.255 e. The minimum Gasteiger partial charge on any atom is -0.322 e. The summed E-state index contributed by atoms with van der Waals surface area (Å²) in [4.78, 5) is 12.5. The van der Waals surface area contributed by atoms with Crippen LogP contribution in [0.1, 0.15) is 46.1 Å². The zero-order valence-corrected chi connectivity index (χ0v) is 14.9. The Morgan fingerprint density at radius 2 is 1.96 bits per heavy atom. The van der Waals surface area contributed by atoms with Gasteiger partial charge in [0, 0.05) is 16.8 Å². The smallest absolute Gasteiger partial charge is 0.255 e. The lowest BCUT2D eigenvalue weighted by atomic mass is 10.0. The first-order chi connectivity index (χ1) is 11.5. The van der Waals surface area contributed by atoms with Gasteiger partial charge in [0.15, 0.2) is 0 Å². The topological polar surface area (TPSA) is 29.1 Å². The van der Waals surface area contributed by atoms with E-state index in [0.717, 1.165) is 17.6 Å². The molecule has 0 aliphatic heterocycles. The number of benzene rings is 1. The largest absolute Gasteiger partial charge is 0.322 e. The van der Waals surface area contributed by atoms with E-state index in [9.17, 15) is 9.18 Å². The third-order valence-electron chi connectivity index (χ3n) is 3.85. The first kappa shape index (κ1) is 19.6. The first-order valence-corrected chi connectivity index (χ1v) is 8.26. The lowest BCUT2D eigenvalue weighted by molar-refractivity contribution is -0.112. The van der Waals surface area contributed by atoms with Gasteiger partial charge in [-0.15, -0.1) is 0 Å². The molecular formula is C21H26FNO. The molecule has 2 nitrogen and oxygen atoms in total. The van der Waals surface area contributed by atoms with Crippen LogP contribution < -0.4 is 5.32 Å². The quantitative estimate of drug-likeness (QED) is 0.479. The maximum atomic E-state index is 14.3. The predicted molar refractivity (Wildman–Crippen MR) is 101 cm³/mol. The summed E-state index contributed by atoms with van der Waals surface area (Å²) >= 11 is 0. The molecule has 0 fully saturated rings. The summed E-state index contributed by atoms with van der Waals surface area (Å²) in [6.07, 6.45) is 8.68. The molecule has 1 amide bonds. The van der Waals surface area contributed by atoms with Crippen molar-refractivity contribution in [2.75, 3.05) is 5.32 Å². The summed E-state index contributed by atoms with van der Waals surface area (Å²) in [5.74, 6) is -0.620. The standard InChI is InChI=1S/C21H26FNO/c1-6-11-16(9-4)18(10-5)21(24)23-17-12-13-19(20(22)14-17)15(7-2)8-3/h6-7,10-14H,5,8-9H2,1-4H3,(H,23,24)/b11-6-,15-7+,18-16+. The number of amides is 1. The van der Waals surface area contributed by atoms with Crippen molar-refractivity contribution in [3.8, 4) is 0 Å². The summed E-state index contributed by atoms with van der Waals surface area (Å²) in [5, 5.41) is 2.75. The van der Waals surface area contributed by atoms with E-state index in [1.54, 1.807) is 12.1 Å². The second kappa shape index (κ2) is 9.66. The minimum absolute atomic E-state index is 0.283. The number of halogens is 1. The molecule has 0 aliphatic rings. The molecule has 0 saturated heterocycles. The molecule has 3 heteroatoms. The molecule has 24 heavy (non-hydrogen) atoms. The first-order valence-electron chi connectivity index (χ1n) is 8.26. The number of anilines is 1. The fourth-order valence-electron chi connectivity index (χ4n) is 2.57. The molecule has 128 valence electrons. The van der Waals surface area contributed by atoms with Crippen molar-refractivity contribution in [2.24, 2.45) is 0 Å². The number of hydrogen-bond donors (Lipinski definition) is 1. The van der Waals surface area contributed by atoms with Crippen molar-refractivity contribution in [2.45, 2.75) is 40.5 Å². The van der Waals surface area contributed by atoms with Crippen LogP contribution >= 0.6 is 0 Å². The Morgan fingerprint density at radius 3 is 2.42 bits per heavy atom. The van der Waals surface area contributed by atoms with Crippen molar-refractivity contribution < 1.29 is 9.18 Å². The Hall–Kier alpha value is -2.42. The van der Waals surface area contributed by atoms with Gasteiger partial charge in [0.2, 0.25) is 0 Å². The van der Waals surface area contributed by atoms with Gasteiger partial charge in [0.1, 0.15) is 5.82 Å². The maximum absolute atomic E-state index is 14.3. The molecule has 0 spiro atoms. The highest BCUT2D eigenvalue weighted by Gasteiger charge is 2.12. The third-order valence-corrected chi connectivity index (χ3v) is 3.85. The molecule has 1 N–H and O–H groups in total. The highest BCUT2D eigenvalue weighted by molar-refractivity contribution is 6.06. The lowest BCUT2D eigenvalue weighted by Crippen LogP contribution is -2.15. The molecule has 1 rings (SSSR count). The molecule has 0 heterocycles. The van der Waals surface area contributed by atoms with E-state index in [1.807, 2.05) is 45.9 Å². The Bertz CT molecular complexity index is 696. The highest BCUT2D eigenvalue weighted by atomic mass is 19.1. The van der Waals surface area contributed by atoms with Crippen LogP contribution in [0.2, 0.25) is 0 Å². The van der Waals surface area contributed by atoms with E-state index in [1.165, 1.54) is 12.1 Å². The molecule has 1 aromatic carbocycles. The lowest BCUT2D eigenvalue weighted by Gasteiger charge is -2.11. The fourth-order valence-corrected chi connectivity index (χ4v) is 2.57. The normalized spacial score (nSPS) is 13.0. The zero-order valence-electron chi connectivity index (χ0n) is 14.9. The van der Waals surface area contributed by atoms with E-state index in [-0.39, 0.29) is 11.7 Å². The molecule has 0 radical (unpaired) electrons. The van der Waals surface area contributed by atoms with Crippen LogP contribution in [-0.4, -0.2) is 5.91 Å². The van der Waals surface area contributed by atoms with E-state index in [2.05, 4.69) is 11.9 Å². The molecule has 0 bridgehead atoms. The molecule has 0 aromatic heterocycles. The van der Waals surface area contributed by atoms with Crippen LogP contribution in [0.15, 0.2) is 60.2 Å². The van der Waals surface area contributed by atoms with Gasteiger partial charge >= 0.3 is 0 Å². The van der Waals surface area contributed by atoms with Crippen molar-refractivity contribution in [1.29, 1.82) is 0 Å². The molecule has 0 saturated carbocycles. The summed E-state index contributed by atoms with van der Waals surface area (Å²) in [6.45, 7) is 11.5. The van der Waals surface area contributed by atoms with Crippen LogP contribution in [0.5, 0.6) is 0 Å². The van der Waals surface area contributed by atoms with Gasteiger partial charge in [-0.3, -0.25) is 4.79 Å². The van der Waals surface area contributed by atoms with Gasteiger partial charge in [-0.2, -0.15) is 0 Å². The fraction of sp³-hybridized carbons (Fsp3) is 0.286. The second-order valence-electron chi connectivity index (χ2n) is 5.31. The average molecular weight is 327 g/mol. The number of nitrogens with one attached hydrogen (secondary N) is 1. The number of rotatable bonds is 7. The SMILES string of the molecule is C=C/C(C(=O)Nc1ccc(/C(=C/C)CC)c(F)c1)=C(\C=C/C)CC. The summed E-state index contributed by atoms with van der Waals surface area (Å²) in [7, 11) is 0. The van der Waals surface area contributed by atoms with E-state index in [4.69, 9.17) is 0 Å². The van der Waals surface area contributed by atoms with Crippen molar-refractivity contribution in [3.63, 3.8) is 0 Å². The van der Waals surface area contributed by atoms with Crippen molar-refractivity contribution in [3.05, 3.63) is 71.6 Å². The third kappa shape index (κ3) is 4.79. The van der Waals surface area contributed by atoms with Crippen LogP contribution in [0.25, 0.3) is 5.57 Å². The number of carbonyl (C=O) groups excluding carboxylic acids is 1. The Morgan fingerprint density at radius 1 is 1.25 bits per heavy atom. The molecule has 0 aliphatic carbocycles. The van der Waals surface area contributed by atoms with E-state index < -0.39 is 0 Å². The van der Waals surface area contributed by atoms with Crippen LogP contribution in [-0.2, 0) is 4.79 Å². The van der Waals surface area contributed by atoms with Gasteiger partial charge in [0.25, 0.3) is 5.91 Å². The average Bonchev–Trinajstić information content (AvgIpc) is 2.57. The van der Waals surface area contributed by atoms with Crippen LogP contribution in [0, 0.1) is 5.82 Å². The van der Waals surface area contributed by atoms with Crippen molar-refractivity contribution in [1.82, 2.24) is 0 Å². The highest BCUT2D eigenvalue weighted by Crippen LogP contribution is 2.24. The zero-order chi connectivity index (χ0) is 18.1. The van der Waals surface area contributed by atoms with Gasteiger partial charge < -0.3 is 5.32 Å². The number of carbonyl (C=O) groups is 1. The summed E-state index contributed by atoms with van der Waals surface area (Å²) in [5.41, 5.74) is 3.34. The monoisotopic (exact) mass is 327 g/mol.